The van der Waals surface area contributed by atoms with Crippen LogP contribution < -0.4 is 5.32 Å². The van der Waals surface area contributed by atoms with Crippen molar-refractivity contribution in [3.05, 3.63) is 0 Å². The molecule has 1 rings (SSSR count). The molecule has 0 aromatic rings. The first kappa shape index (κ1) is 8.87. The van der Waals surface area contributed by atoms with E-state index in [0.29, 0.717) is 5.25 Å². The molecule has 1 fully saturated rings. The second-order valence-corrected chi connectivity index (χ2v) is 4.57. The first-order valence-electron chi connectivity index (χ1n) is 3.76. The molecule has 2 N–H and O–H groups in total. The zero-order chi connectivity index (χ0) is 8.27. The van der Waals surface area contributed by atoms with Crippen molar-refractivity contribution in [3.63, 3.8) is 0 Å². The summed E-state index contributed by atoms with van der Waals surface area (Å²) in [7, 11) is 0. The Bertz CT molecular complexity index is 151. The lowest BCUT2D eigenvalue weighted by Gasteiger charge is -2.25. The molecule has 0 saturated carbocycles. The molecule has 64 valence electrons. The molecule has 1 saturated heterocycles. The third-order valence-corrected chi connectivity index (χ3v) is 2.98. The number of hydrogen-bond donors (Lipinski definition) is 2. The van der Waals surface area contributed by atoms with Crippen molar-refractivity contribution in [1.29, 1.82) is 0 Å². The average Bonchev–Trinajstić information content (AvgIpc) is 1.85. The van der Waals surface area contributed by atoms with Crippen molar-refractivity contribution in [3.8, 4) is 0 Å². The Morgan fingerprint density at radius 1 is 1.73 bits per heavy atom. The Balaban J connectivity index is 2.28. The largest absolute Gasteiger partial charge is 0.481 e. The van der Waals surface area contributed by atoms with Crippen LogP contribution in [0.1, 0.15) is 13.3 Å². The van der Waals surface area contributed by atoms with Crippen LogP contribution in [0, 0.1) is 0 Å². The molecule has 4 heteroatoms. The van der Waals surface area contributed by atoms with E-state index in [0.717, 1.165) is 13.1 Å². The summed E-state index contributed by atoms with van der Waals surface area (Å²) in [5, 5.41) is 12.5. The Hall–Kier alpha value is -0.220. The number of carbonyl (C=O) groups is 1. The van der Waals surface area contributed by atoms with Gasteiger partial charge in [0.05, 0.1) is 6.42 Å². The fourth-order valence-electron chi connectivity index (χ4n) is 1.19. The lowest BCUT2D eigenvalue weighted by Crippen LogP contribution is -2.37. The number of hydrogen-bond acceptors (Lipinski definition) is 3. The van der Waals surface area contributed by atoms with Crippen molar-refractivity contribution >= 4 is 17.7 Å². The fraction of sp³-hybridized carbons (Fsp3) is 0.857. The van der Waals surface area contributed by atoms with Crippen molar-refractivity contribution in [2.75, 3.05) is 13.1 Å². The van der Waals surface area contributed by atoms with Gasteiger partial charge in [0.2, 0.25) is 0 Å². The Kier molecular flexibility index (Phi) is 3.20. The van der Waals surface area contributed by atoms with Crippen molar-refractivity contribution < 1.29 is 9.90 Å². The summed E-state index contributed by atoms with van der Waals surface area (Å²) in [5.74, 6) is -0.696. The molecule has 0 spiro atoms. The maximum absolute atomic E-state index is 10.3. The summed E-state index contributed by atoms with van der Waals surface area (Å²) >= 11 is 1.77. The summed E-state index contributed by atoms with van der Waals surface area (Å²) in [6, 6.07) is 0. The minimum atomic E-state index is -0.696. The molecule has 1 aliphatic heterocycles. The summed E-state index contributed by atoms with van der Waals surface area (Å²) < 4.78 is 0. The molecule has 0 amide bonds. The van der Waals surface area contributed by atoms with E-state index in [4.69, 9.17) is 5.11 Å². The van der Waals surface area contributed by atoms with Crippen LogP contribution in [0.5, 0.6) is 0 Å². The number of nitrogens with one attached hydrogen (secondary N) is 1. The lowest BCUT2D eigenvalue weighted by molar-refractivity contribution is -0.136. The molecular formula is C7H13NO2S. The number of carboxylic acid groups (broad SMARTS) is 1. The first-order valence-corrected chi connectivity index (χ1v) is 4.70. The second-order valence-electron chi connectivity index (χ2n) is 2.82. The lowest BCUT2D eigenvalue weighted by atomic mass is 10.3. The van der Waals surface area contributed by atoms with Gasteiger partial charge in [-0.15, -0.1) is 0 Å². The van der Waals surface area contributed by atoms with E-state index in [-0.39, 0.29) is 11.7 Å². The molecule has 0 aliphatic carbocycles. The fourth-order valence-corrected chi connectivity index (χ4v) is 2.51. The SMILES string of the molecule is CC1CNCC(CC(=O)O)S1. The number of aliphatic carboxylic acids is 1. The van der Waals surface area contributed by atoms with Crippen LogP contribution in [-0.4, -0.2) is 34.7 Å². The topological polar surface area (TPSA) is 49.3 Å². The van der Waals surface area contributed by atoms with E-state index in [1.54, 1.807) is 11.8 Å². The van der Waals surface area contributed by atoms with Crippen molar-refractivity contribution in [2.45, 2.75) is 23.8 Å². The molecule has 2 unspecified atom stereocenters. The molecule has 1 heterocycles. The maximum Gasteiger partial charge on any atom is 0.304 e. The van der Waals surface area contributed by atoms with E-state index in [1.165, 1.54) is 0 Å². The summed E-state index contributed by atoms with van der Waals surface area (Å²) in [4.78, 5) is 10.3. The van der Waals surface area contributed by atoms with E-state index in [9.17, 15) is 4.79 Å². The van der Waals surface area contributed by atoms with Crippen molar-refractivity contribution in [2.24, 2.45) is 0 Å². The van der Waals surface area contributed by atoms with Gasteiger partial charge in [0, 0.05) is 23.6 Å². The van der Waals surface area contributed by atoms with Gasteiger partial charge in [-0.25, -0.2) is 0 Å². The van der Waals surface area contributed by atoms with E-state index < -0.39 is 5.97 Å². The Morgan fingerprint density at radius 2 is 2.45 bits per heavy atom. The Morgan fingerprint density at radius 3 is 3.00 bits per heavy atom. The van der Waals surface area contributed by atoms with Crippen LogP contribution in [0.4, 0.5) is 0 Å². The summed E-state index contributed by atoms with van der Waals surface area (Å²) in [6.45, 7) is 3.95. The molecule has 0 aromatic carbocycles. The third-order valence-electron chi connectivity index (χ3n) is 1.63. The van der Waals surface area contributed by atoms with Gasteiger partial charge in [-0.2, -0.15) is 11.8 Å². The first-order chi connectivity index (χ1) is 5.18. The average molecular weight is 175 g/mol. The van der Waals surface area contributed by atoms with Gasteiger partial charge >= 0.3 is 5.97 Å². The summed E-state index contributed by atoms with van der Waals surface area (Å²) in [6.07, 6.45) is 0.280. The van der Waals surface area contributed by atoms with Crippen LogP contribution in [-0.2, 0) is 4.79 Å². The quantitative estimate of drug-likeness (QED) is 0.643. The van der Waals surface area contributed by atoms with Crippen LogP contribution in [0.3, 0.4) is 0 Å². The molecule has 1 aliphatic rings. The van der Waals surface area contributed by atoms with E-state index in [2.05, 4.69) is 12.2 Å². The highest BCUT2D eigenvalue weighted by Crippen LogP contribution is 2.22. The smallest absolute Gasteiger partial charge is 0.304 e. The number of rotatable bonds is 2. The van der Waals surface area contributed by atoms with E-state index >= 15 is 0 Å². The van der Waals surface area contributed by atoms with Gasteiger partial charge in [-0.05, 0) is 0 Å². The van der Waals surface area contributed by atoms with Crippen LogP contribution >= 0.6 is 11.8 Å². The summed E-state index contributed by atoms with van der Waals surface area (Å²) in [5.41, 5.74) is 0. The highest BCUT2D eigenvalue weighted by molar-refractivity contribution is 8.00. The third kappa shape index (κ3) is 3.12. The molecule has 0 radical (unpaired) electrons. The molecule has 3 nitrogen and oxygen atoms in total. The van der Waals surface area contributed by atoms with Gasteiger partial charge in [0.1, 0.15) is 0 Å². The number of thioether (sulfide) groups is 1. The highest BCUT2D eigenvalue weighted by Gasteiger charge is 2.20. The predicted molar refractivity (Wildman–Crippen MR) is 46.0 cm³/mol. The number of carboxylic acids is 1. The van der Waals surface area contributed by atoms with Gasteiger partial charge in [0.15, 0.2) is 0 Å². The molecule has 2 atom stereocenters. The van der Waals surface area contributed by atoms with Crippen LogP contribution in [0.15, 0.2) is 0 Å². The van der Waals surface area contributed by atoms with Gasteiger partial charge in [0.25, 0.3) is 0 Å². The zero-order valence-electron chi connectivity index (χ0n) is 6.54. The van der Waals surface area contributed by atoms with Crippen LogP contribution in [0.2, 0.25) is 0 Å². The molecule has 0 aromatic heterocycles. The van der Waals surface area contributed by atoms with Gasteiger partial charge in [-0.3, -0.25) is 4.79 Å². The second kappa shape index (κ2) is 3.97. The van der Waals surface area contributed by atoms with E-state index in [1.807, 2.05) is 0 Å². The van der Waals surface area contributed by atoms with Crippen molar-refractivity contribution in [1.82, 2.24) is 5.32 Å². The minimum absolute atomic E-state index is 0.260. The van der Waals surface area contributed by atoms with Gasteiger partial charge < -0.3 is 10.4 Å². The molecule has 11 heavy (non-hydrogen) atoms. The minimum Gasteiger partial charge on any atom is -0.481 e. The standard InChI is InChI=1S/C7H13NO2S/c1-5-3-8-4-6(11-5)2-7(9)10/h5-6,8H,2-4H2,1H3,(H,9,10). The maximum atomic E-state index is 10.3. The predicted octanol–water partition coefficient (Wildman–Crippen LogP) is 0.555. The van der Waals surface area contributed by atoms with Crippen LogP contribution in [0.25, 0.3) is 0 Å². The van der Waals surface area contributed by atoms with Gasteiger partial charge in [-0.1, -0.05) is 6.92 Å². The molecule has 0 bridgehead atoms. The molecular weight excluding hydrogens is 162 g/mol. The monoisotopic (exact) mass is 175 g/mol. The normalized spacial score (nSPS) is 31.7. The highest BCUT2D eigenvalue weighted by atomic mass is 32.2. The zero-order valence-corrected chi connectivity index (χ0v) is 7.36. The Labute approximate surface area is 70.6 Å².